The van der Waals surface area contributed by atoms with Gasteiger partial charge in [-0.25, -0.2) is 17.2 Å². The van der Waals surface area contributed by atoms with Crippen LogP contribution in [0.15, 0.2) is 23.1 Å². The lowest BCUT2D eigenvalue weighted by Crippen LogP contribution is -2.46. The first-order valence-corrected chi connectivity index (χ1v) is 10.3. The standard InChI is InChI=1S/C17H23F2N3O3S.ClH/c18-14-6-5-13(9-15(14)19)26(24,25)22-8-2-3-12(11-22)10-21-17(23)16-4-1-7-20-16;/h5-6,9,12,16,20H,1-4,7-8,10-11H2,(H,21,23);1H. The number of nitrogens with one attached hydrogen (secondary N) is 2. The minimum absolute atomic E-state index is 0. The van der Waals surface area contributed by atoms with Gasteiger partial charge in [-0.1, -0.05) is 0 Å². The van der Waals surface area contributed by atoms with Gasteiger partial charge in [0, 0.05) is 19.6 Å². The molecule has 10 heteroatoms. The van der Waals surface area contributed by atoms with Crippen molar-refractivity contribution in [1.82, 2.24) is 14.9 Å². The zero-order valence-electron chi connectivity index (χ0n) is 14.8. The third-order valence-electron chi connectivity index (χ3n) is 4.95. The molecule has 2 N–H and O–H groups in total. The highest BCUT2D eigenvalue weighted by molar-refractivity contribution is 7.89. The summed E-state index contributed by atoms with van der Waals surface area (Å²) in [5.41, 5.74) is 0. The van der Waals surface area contributed by atoms with Crippen LogP contribution in [0.5, 0.6) is 0 Å². The van der Waals surface area contributed by atoms with Gasteiger partial charge >= 0.3 is 0 Å². The first kappa shape index (κ1) is 22.0. The van der Waals surface area contributed by atoms with Crippen LogP contribution in [0.2, 0.25) is 0 Å². The van der Waals surface area contributed by atoms with Crippen molar-refractivity contribution < 1.29 is 22.0 Å². The van der Waals surface area contributed by atoms with Crippen LogP contribution < -0.4 is 10.6 Å². The van der Waals surface area contributed by atoms with E-state index in [1.807, 2.05) is 0 Å². The van der Waals surface area contributed by atoms with E-state index in [2.05, 4.69) is 10.6 Å². The number of nitrogens with zero attached hydrogens (tertiary/aromatic N) is 1. The van der Waals surface area contributed by atoms with Crippen molar-refractivity contribution in [3.05, 3.63) is 29.8 Å². The molecule has 2 atom stereocenters. The van der Waals surface area contributed by atoms with Gasteiger partial charge in [0.25, 0.3) is 0 Å². The topological polar surface area (TPSA) is 78.5 Å². The third-order valence-corrected chi connectivity index (χ3v) is 6.81. The van der Waals surface area contributed by atoms with Crippen LogP contribution in [0.1, 0.15) is 25.7 Å². The number of hydrogen-bond acceptors (Lipinski definition) is 4. The van der Waals surface area contributed by atoms with Crippen molar-refractivity contribution in [1.29, 1.82) is 0 Å². The number of halogens is 3. The SMILES string of the molecule is Cl.O=C(NCC1CCCN(S(=O)(=O)c2ccc(F)c(F)c2)C1)C1CCCN1. The molecule has 0 aliphatic carbocycles. The van der Waals surface area contributed by atoms with Crippen LogP contribution >= 0.6 is 12.4 Å². The molecule has 152 valence electrons. The molecular weight excluding hydrogens is 400 g/mol. The smallest absolute Gasteiger partial charge is 0.243 e. The fraction of sp³-hybridized carbons (Fsp3) is 0.588. The van der Waals surface area contributed by atoms with E-state index in [0.29, 0.717) is 25.6 Å². The minimum Gasteiger partial charge on any atom is -0.354 e. The van der Waals surface area contributed by atoms with Gasteiger partial charge in [-0.3, -0.25) is 4.79 Å². The van der Waals surface area contributed by atoms with Gasteiger partial charge in [0.1, 0.15) is 0 Å². The lowest BCUT2D eigenvalue weighted by atomic mass is 9.99. The average Bonchev–Trinajstić information content (AvgIpc) is 3.17. The number of rotatable bonds is 5. The number of piperidine rings is 1. The fourth-order valence-corrected chi connectivity index (χ4v) is 5.04. The molecule has 2 aliphatic heterocycles. The number of benzene rings is 1. The maximum atomic E-state index is 13.4. The lowest BCUT2D eigenvalue weighted by Gasteiger charge is -2.32. The second-order valence-corrected chi connectivity index (χ2v) is 8.78. The Bertz CT molecular complexity index is 773. The summed E-state index contributed by atoms with van der Waals surface area (Å²) in [4.78, 5) is 11.8. The van der Waals surface area contributed by atoms with Gasteiger partial charge in [-0.2, -0.15) is 4.31 Å². The molecule has 0 spiro atoms. The maximum Gasteiger partial charge on any atom is 0.243 e. The lowest BCUT2D eigenvalue weighted by molar-refractivity contribution is -0.123. The van der Waals surface area contributed by atoms with Crippen molar-refractivity contribution in [3.8, 4) is 0 Å². The highest BCUT2D eigenvalue weighted by Gasteiger charge is 2.31. The van der Waals surface area contributed by atoms with E-state index in [1.165, 1.54) is 4.31 Å². The number of carbonyl (C=O) groups excluding carboxylic acids is 1. The molecule has 1 aromatic carbocycles. The molecule has 6 nitrogen and oxygen atoms in total. The van der Waals surface area contributed by atoms with Crippen molar-refractivity contribution in [2.24, 2.45) is 5.92 Å². The van der Waals surface area contributed by atoms with Crippen LogP contribution in [0.25, 0.3) is 0 Å². The molecule has 0 aromatic heterocycles. The molecule has 1 aromatic rings. The zero-order valence-corrected chi connectivity index (χ0v) is 16.4. The summed E-state index contributed by atoms with van der Waals surface area (Å²) in [6, 6.07) is 2.44. The normalized spacial score (nSPS) is 23.6. The van der Waals surface area contributed by atoms with E-state index in [4.69, 9.17) is 0 Å². The van der Waals surface area contributed by atoms with E-state index >= 15 is 0 Å². The summed E-state index contributed by atoms with van der Waals surface area (Å²) in [5, 5.41) is 6.01. The monoisotopic (exact) mass is 423 g/mol. The number of sulfonamides is 1. The maximum absolute atomic E-state index is 13.4. The number of hydrogen-bond donors (Lipinski definition) is 2. The molecular formula is C17H24ClF2N3O3S. The average molecular weight is 424 g/mol. The molecule has 0 radical (unpaired) electrons. The minimum atomic E-state index is -3.89. The Morgan fingerprint density at radius 1 is 1.22 bits per heavy atom. The quantitative estimate of drug-likeness (QED) is 0.755. The van der Waals surface area contributed by atoms with Gasteiger partial charge in [0.05, 0.1) is 10.9 Å². The van der Waals surface area contributed by atoms with E-state index in [9.17, 15) is 22.0 Å². The van der Waals surface area contributed by atoms with Gasteiger partial charge in [-0.15, -0.1) is 12.4 Å². The van der Waals surface area contributed by atoms with Crippen molar-refractivity contribution >= 4 is 28.3 Å². The highest BCUT2D eigenvalue weighted by atomic mass is 35.5. The Morgan fingerprint density at radius 3 is 2.67 bits per heavy atom. The first-order chi connectivity index (χ1) is 12.4. The zero-order chi connectivity index (χ0) is 18.7. The van der Waals surface area contributed by atoms with Gasteiger partial charge in [0.15, 0.2) is 11.6 Å². The van der Waals surface area contributed by atoms with Crippen LogP contribution in [0.3, 0.4) is 0 Å². The first-order valence-electron chi connectivity index (χ1n) is 8.84. The van der Waals surface area contributed by atoms with Crippen LogP contribution in [-0.2, 0) is 14.8 Å². The van der Waals surface area contributed by atoms with E-state index in [1.54, 1.807) is 0 Å². The Hall–Kier alpha value is -1.29. The molecule has 0 saturated carbocycles. The van der Waals surface area contributed by atoms with Gasteiger partial charge in [0.2, 0.25) is 15.9 Å². The summed E-state index contributed by atoms with van der Waals surface area (Å²) in [6.07, 6.45) is 3.25. The number of amides is 1. The molecule has 2 saturated heterocycles. The molecule has 0 bridgehead atoms. The third kappa shape index (κ3) is 5.16. The Kier molecular flexibility index (Phi) is 7.55. The van der Waals surface area contributed by atoms with E-state index in [0.717, 1.165) is 37.9 Å². The van der Waals surface area contributed by atoms with E-state index in [-0.39, 0.29) is 41.7 Å². The summed E-state index contributed by atoms with van der Waals surface area (Å²) >= 11 is 0. The Labute approximate surface area is 164 Å². The molecule has 2 unspecified atom stereocenters. The Morgan fingerprint density at radius 2 is 2.00 bits per heavy atom. The Balaban J connectivity index is 0.00000261. The second-order valence-electron chi connectivity index (χ2n) is 6.84. The fourth-order valence-electron chi connectivity index (χ4n) is 3.47. The van der Waals surface area contributed by atoms with Gasteiger partial charge < -0.3 is 10.6 Å². The molecule has 2 fully saturated rings. The summed E-state index contributed by atoms with van der Waals surface area (Å²) in [7, 11) is -3.89. The molecule has 2 aliphatic rings. The molecule has 1 amide bonds. The summed E-state index contributed by atoms with van der Waals surface area (Å²) in [6.45, 7) is 1.82. The molecule has 27 heavy (non-hydrogen) atoms. The predicted octanol–water partition coefficient (Wildman–Crippen LogP) is 1.66. The summed E-state index contributed by atoms with van der Waals surface area (Å²) in [5.74, 6) is -2.32. The van der Waals surface area contributed by atoms with Crippen molar-refractivity contribution in [2.45, 2.75) is 36.6 Å². The van der Waals surface area contributed by atoms with Crippen molar-refractivity contribution in [3.63, 3.8) is 0 Å². The predicted molar refractivity (Wildman–Crippen MR) is 99.1 cm³/mol. The van der Waals surface area contributed by atoms with Crippen LogP contribution in [0, 0.1) is 17.6 Å². The van der Waals surface area contributed by atoms with Crippen molar-refractivity contribution in [2.75, 3.05) is 26.2 Å². The van der Waals surface area contributed by atoms with E-state index < -0.39 is 21.7 Å². The largest absolute Gasteiger partial charge is 0.354 e. The van der Waals surface area contributed by atoms with Crippen LogP contribution in [0.4, 0.5) is 8.78 Å². The molecule has 2 heterocycles. The summed E-state index contributed by atoms with van der Waals surface area (Å²) < 4.78 is 53.1. The second kappa shape index (κ2) is 9.27. The van der Waals surface area contributed by atoms with Gasteiger partial charge in [-0.05, 0) is 56.3 Å². The number of carbonyl (C=O) groups is 1. The molecule has 3 rings (SSSR count). The van der Waals surface area contributed by atoms with Crippen LogP contribution in [-0.4, -0.2) is 50.9 Å². The highest BCUT2D eigenvalue weighted by Crippen LogP contribution is 2.24.